The van der Waals surface area contributed by atoms with Crippen molar-refractivity contribution in [3.05, 3.63) is 22.6 Å². The predicted molar refractivity (Wildman–Crippen MR) is 44.4 cm³/mol. The molecule has 0 amide bonds. The minimum absolute atomic E-state index is 0.193. The molecule has 4 heteroatoms. The van der Waals surface area contributed by atoms with E-state index in [1.807, 2.05) is 0 Å². The van der Waals surface area contributed by atoms with Crippen LogP contribution in [0.1, 0.15) is 17.5 Å². The van der Waals surface area contributed by atoms with Crippen molar-refractivity contribution in [3.8, 4) is 0 Å². The van der Waals surface area contributed by atoms with E-state index < -0.39 is 6.04 Å². The molecule has 1 aromatic rings. The molecule has 1 heterocycles. The van der Waals surface area contributed by atoms with E-state index in [-0.39, 0.29) is 5.78 Å². The van der Waals surface area contributed by atoms with E-state index in [0.717, 1.165) is 0 Å². The number of nitrogens with two attached hydrogens (primary N) is 1. The summed E-state index contributed by atoms with van der Waals surface area (Å²) in [6, 6.07) is 1.15. The predicted octanol–water partition coefficient (Wildman–Crippen LogP) is 1.57. The molecule has 0 saturated heterocycles. The first-order valence-electron chi connectivity index (χ1n) is 3.15. The van der Waals surface area contributed by atoms with Gasteiger partial charge < -0.3 is 10.2 Å². The van der Waals surface area contributed by atoms with Crippen molar-refractivity contribution < 1.29 is 9.21 Å². The van der Waals surface area contributed by atoms with Crippen LogP contribution >= 0.6 is 15.9 Å². The Labute approximate surface area is 72.7 Å². The molecule has 0 aromatic carbocycles. The summed E-state index contributed by atoms with van der Waals surface area (Å²) in [6.07, 6.45) is 1.44. The van der Waals surface area contributed by atoms with E-state index in [0.29, 0.717) is 10.2 Å². The Morgan fingerprint density at radius 2 is 2.45 bits per heavy atom. The zero-order valence-electron chi connectivity index (χ0n) is 6.00. The number of hydrogen-bond acceptors (Lipinski definition) is 3. The van der Waals surface area contributed by atoms with Crippen molar-refractivity contribution in [1.29, 1.82) is 0 Å². The summed E-state index contributed by atoms with van der Waals surface area (Å²) in [7, 11) is 0. The standard InChI is InChI=1S/C7H8BrNO2/c1-4(9)6(10)7-5(8)2-3-11-7/h2-4H,9H2,1H3/t4-/m0/s1. The van der Waals surface area contributed by atoms with E-state index in [1.165, 1.54) is 6.26 Å². The second-order valence-corrected chi connectivity index (χ2v) is 3.10. The fourth-order valence-electron chi connectivity index (χ4n) is 0.676. The molecular formula is C7H8BrNO2. The van der Waals surface area contributed by atoms with Crippen LogP contribution in [0.4, 0.5) is 0 Å². The molecule has 0 saturated carbocycles. The van der Waals surface area contributed by atoms with E-state index in [1.54, 1.807) is 13.0 Å². The maximum atomic E-state index is 11.2. The van der Waals surface area contributed by atoms with Gasteiger partial charge in [0.2, 0.25) is 5.78 Å². The summed E-state index contributed by atoms with van der Waals surface area (Å²) in [5, 5.41) is 0. The molecule has 3 nitrogen and oxygen atoms in total. The van der Waals surface area contributed by atoms with Crippen LogP contribution in [0.3, 0.4) is 0 Å². The summed E-state index contributed by atoms with van der Waals surface area (Å²) in [5.74, 6) is 0.0990. The van der Waals surface area contributed by atoms with Crippen LogP contribution in [-0.4, -0.2) is 11.8 Å². The molecule has 0 aliphatic heterocycles. The third-order valence-electron chi connectivity index (χ3n) is 1.25. The monoisotopic (exact) mass is 217 g/mol. The summed E-state index contributed by atoms with van der Waals surface area (Å²) < 4.78 is 5.56. The molecule has 1 atom stereocenters. The van der Waals surface area contributed by atoms with Crippen molar-refractivity contribution in [2.45, 2.75) is 13.0 Å². The number of hydrogen-bond donors (Lipinski definition) is 1. The number of halogens is 1. The maximum absolute atomic E-state index is 11.2. The average Bonchev–Trinajstić information content (AvgIpc) is 2.33. The fourth-order valence-corrected chi connectivity index (χ4v) is 1.07. The quantitative estimate of drug-likeness (QED) is 0.766. The van der Waals surface area contributed by atoms with Gasteiger partial charge in [-0.2, -0.15) is 0 Å². The molecule has 1 rings (SSSR count). The van der Waals surface area contributed by atoms with Crippen LogP contribution < -0.4 is 5.73 Å². The van der Waals surface area contributed by atoms with Gasteiger partial charge in [0.25, 0.3) is 0 Å². The lowest BCUT2D eigenvalue weighted by molar-refractivity contribution is 0.0940. The molecule has 0 aliphatic carbocycles. The Morgan fingerprint density at radius 3 is 2.82 bits per heavy atom. The topological polar surface area (TPSA) is 56.2 Å². The lowest BCUT2D eigenvalue weighted by atomic mass is 10.2. The van der Waals surface area contributed by atoms with Crippen molar-refractivity contribution in [3.63, 3.8) is 0 Å². The molecular weight excluding hydrogens is 210 g/mol. The Balaban J connectivity index is 2.93. The van der Waals surface area contributed by atoms with Gasteiger partial charge in [0, 0.05) is 0 Å². The second-order valence-electron chi connectivity index (χ2n) is 2.25. The Bertz CT molecular complexity index is 267. The summed E-state index contributed by atoms with van der Waals surface area (Å²) in [4.78, 5) is 11.2. The van der Waals surface area contributed by atoms with Gasteiger partial charge in [-0.1, -0.05) is 0 Å². The molecule has 2 N–H and O–H groups in total. The largest absolute Gasteiger partial charge is 0.460 e. The third-order valence-corrected chi connectivity index (χ3v) is 1.88. The van der Waals surface area contributed by atoms with Crippen molar-refractivity contribution in [2.24, 2.45) is 5.73 Å². The molecule has 60 valence electrons. The van der Waals surface area contributed by atoms with Crippen LogP contribution in [0.25, 0.3) is 0 Å². The van der Waals surface area contributed by atoms with Crippen LogP contribution in [0.2, 0.25) is 0 Å². The van der Waals surface area contributed by atoms with E-state index in [4.69, 9.17) is 10.2 Å². The smallest absolute Gasteiger partial charge is 0.215 e. The number of carbonyl (C=O) groups excluding carboxylic acids is 1. The van der Waals surface area contributed by atoms with Crippen molar-refractivity contribution >= 4 is 21.7 Å². The number of carbonyl (C=O) groups is 1. The lowest BCUT2D eigenvalue weighted by Crippen LogP contribution is -2.26. The highest BCUT2D eigenvalue weighted by Crippen LogP contribution is 2.18. The molecule has 0 radical (unpaired) electrons. The normalized spacial score (nSPS) is 13.0. The number of ketones is 1. The first-order chi connectivity index (χ1) is 5.13. The van der Waals surface area contributed by atoms with Crippen molar-refractivity contribution in [2.75, 3.05) is 0 Å². The number of rotatable bonds is 2. The highest BCUT2D eigenvalue weighted by atomic mass is 79.9. The van der Waals surface area contributed by atoms with Gasteiger partial charge in [0.1, 0.15) is 0 Å². The molecule has 1 aromatic heterocycles. The van der Waals surface area contributed by atoms with Gasteiger partial charge in [-0.05, 0) is 28.9 Å². The third kappa shape index (κ3) is 1.70. The lowest BCUT2D eigenvalue weighted by Gasteiger charge is -1.99. The second kappa shape index (κ2) is 3.19. The first-order valence-corrected chi connectivity index (χ1v) is 3.95. The van der Waals surface area contributed by atoms with Gasteiger partial charge in [-0.15, -0.1) is 0 Å². The summed E-state index contributed by atoms with van der Waals surface area (Å²) in [5.41, 5.74) is 5.37. The minimum Gasteiger partial charge on any atom is -0.460 e. The Kier molecular flexibility index (Phi) is 2.46. The van der Waals surface area contributed by atoms with Gasteiger partial charge in [0.15, 0.2) is 5.76 Å². The summed E-state index contributed by atoms with van der Waals surface area (Å²) >= 11 is 3.17. The van der Waals surface area contributed by atoms with E-state index in [2.05, 4.69) is 15.9 Å². The average molecular weight is 218 g/mol. The van der Waals surface area contributed by atoms with Gasteiger partial charge >= 0.3 is 0 Å². The van der Waals surface area contributed by atoms with Crippen LogP contribution in [-0.2, 0) is 0 Å². The highest BCUT2D eigenvalue weighted by molar-refractivity contribution is 9.10. The summed E-state index contributed by atoms with van der Waals surface area (Å²) in [6.45, 7) is 1.62. The van der Waals surface area contributed by atoms with Crippen LogP contribution in [0, 0.1) is 0 Å². The van der Waals surface area contributed by atoms with Gasteiger partial charge in [0.05, 0.1) is 16.8 Å². The zero-order chi connectivity index (χ0) is 8.43. The fraction of sp³-hybridized carbons (Fsp3) is 0.286. The molecule has 0 unspecified atom stereocenters. The highest BCUT2D eigenvalue weighted by Gasteiger charge is 2.16. The van der Waals surface area contributed by atoms with E-state index in [9.17, 15) is 4.79 Å². The molecule has 0 spiro atoms. The zero-order valence-corrected chi connectivity index (χ0v) is 7.59. The minimum atomic E-state index is -0.516. The molecule has 0 aliphatic rings. The Hall–Kier alpha value is -0.610. The number of Topliss-reactive ketones (excluding diaryl/α,β-unsaturated/α-hetero) is 1. The van der Waals surface area contributed by atoms with Gasteiger partial charge in [-0.25, -0.2) is 0 Å². The molecule has 11 heavy (non-hydrogen) atoms. The van der Waals surface area contributed by atoms with Crippen LogP contribution in [0.5, 0.6) is 0 Å². The van der Waals surface area contributed by atoms with E-state index >= 15 is 0 Å². The number of furan rings is 1. The molecule has 0 bridgehead atoms. The van der Waals surface area contributed by atoms with Crippen LogP contribution in [0.15, 0.2) is 21.2 Å². The first kappa shape index (κ1) is 8.49. The van der Waals surface area contributed by atoms with Gasteiger partial charge in [-0.3, -0.25) is 4.79 Å². The SMILES string of the molecule is C[C@H](N)C(=O)c1occc1Br. The van der Waals surface area contributed by atoms with Crippen molar-refractivity contribution in [1.82, 2.24) is 0 Å². The maximum Gasteiger partial charge on any atom is 0.215 e. The Morgan fingerprint density at radius 1 is 1.82 bits per heavy atom. The molecule has 0 fully saturated rings.